The summed E-state index contributed by atoms with van der Waals surface area (Å²) in [7, 11) is 0. The van der Waals surface area contributed by atoms with E-state index in [-0.39, 0.29) is 6.04 Å². The highest BCUT2D eigenvalue weighted by Crippen LogP contribution is 2.31. The molecule has 0 saturated heterocycles. The van der Waals surface area contributed by atoms with Crippen LogP contribution < -0.4 is 0 Å². The van der Waals surface area contributed by atoms with E-state index < -0.39 is 0 Å². The minimum atomic E-state index is 0.114. The molecule has 0 unspecified atom stereocenters. The van der Waals surface area contributed by atoms with Gasteiger partial charge in [0.1, 0.15) is 0 Å². The molecule has 1 aliphatic rings. The fraction of sp³-hybridized carbons (Fsp3) is 0.353. The summed E-state index contributed by atoms with van der Waals surface area (Å²) in [5.41, 5.74) is 4.44. The second-order valence-electron chi connectivity index (χ2n) is 5.93. The number of fused-ring (bicyclic) bond motifs is 1. The first-order chi connectivity index (χ1) is 11.3. The van der Waals surface area contributed by atoms with Crippen molar-refractivity contribution in [3.05, 3.63) is 65.8 Å². The van der Waals surface area contributed by atoms with Crippen LogP contribution in [0.15, 0.2) is 43.0 Å². The topological polar surface area (TPSA) is 62.6 Å². The first-order valence-electron chi connectivity index (χ1n) is 7.98. The van der Waals surface area contributed by atoms with Crippen molar-refractivity contribution in [1.82, 2.24) is 29.6 Å². The van der Waals surface area contributed by atoms with E-state index in [9.17, 15) is 0 Å². The van der Waals surface area contributed by atoms with Crippen molar-refractivity contribution in [3.8, 4) is 0 Å². The predicted octanol–water partition coefficient (Wildman–Crippen LogP) is 1.96. The van der Waals surface area contributed by atoms with Crippen LogP contribution >= 0.6 is 0 Å². The van der Waals surface area contributed by atoms with E-state index in [0.29, 0.717) is 0 Å². The Morgan fingerprint density at radius 2 is 2.17 bits per heavy atom. The molecule has 6 heteroatoms. The average molecular weight is 308 g/mol. The number of pyridine rings is 1. The van der Waals surface area contributed by atoms with Crippen molar-refractivity contribution in [2.45, 2.75) is 25.9 Å². The summed E-state index contributed by atoms with van der Waals surface area (Å²) in [6.45, 7) is 4.81. The molecule has 1 N–H and O–H groups in total. The molecule has 0 amide bonds. The number of H-pyrrole nitrogens is 1. The lowest BCUT2D eigenvalue weighted by atomic mass is 9.99. The maximum Gasteiger partial charge on any atom is 0.0969 e. The summed E-state index contributed by atoms with van der Waals surface area (Å²) in [5.74, 6) is 0. The third-order valence-electron chi connectivity index (χ3n) is 4.38. The fourth-order valence-corrected chi connectivity index (χ4v) is 3.25. The van der Waals surface area contributed by atoms with Gasteiger partial charge in [-0.15, -0.1) is 0 Å². The van der Waals surface area contributed by atoms with E-state index in [2.05, 4.69) is 31.0 Å². The second kappa shape index (κ2) is 5.96. The van der Waals surface area contributed by atoms with E-state index >= 15 is 0 Å². The number of hydrogen-bond acceptors (Lipinski definition) is 4. The van der Waals surface area contributed by atoms with Gasteiger partial charge in [-0.1, -0.05) is 6.07 Å². The van der Waals surface area contributed by atoms with Crippen LogP contribution in [0, 0.1) is 6.92 Å². The van der Waals surface area contributed by atoms with Crippen molar-refractivity contribution in [1.29, 1.82) is 0 Å². The van der Waals surface area contributed by atoms with Gasteiger partial charge >= 0.3 is 0 Å². The van der Waals surface area contributed by atoms with Gasteiger partial charge in [0.25, 0.3) is 0 Å². The number of aromatic amines is 1. The first kappa shape index (κ1) is 14.1. The lowest BCUT2D eigenvalue weighted by molar-refractivity contribution is 0.195. The molecule has 0 bridgehead atoms. The predicted molar refractivity (Wildman–Crippen MR) is 86.9 cm³/mol. The van der Waals surface area contributed by atoms with Crippen LogP contribution in [0.5, 0.6) is 0 Å². The minimum absolute atomic E-state index is 0.114. The Labute approximate surface area is 135 Å². The zero-order valence-corrected chi connectivity index (χ0v) is 13.2. The van der Waals surface area contributed by atoms with E-state index in [0.717, 1.165) is 43.1 Å². The number of imidazole rings is 1. The second-order valence-corrected chi connectivity index (χ2v) is 5.93. The molecule has 3 aromatic rings. The molecule has 3 aromatic heterocycles. The summed E-state index contributed by atoms with van der Waals surface area (Å²) in [5, 5.41) is 4.48. The molecule has 0 aliphatic carbocycles. The van der Waals surface area contributed by atoms with Crippen molar-refractivity contribution in [2.75, 3.05) is 13.1 Å². The number of aromatic nitrogens is 5. The zero-order chi connectivity index (χ0) is 15.6. The van der Waals surface area contributed by atoms with E-state index in [1.165, 1.54) is 5.69 Å². The average Bonchev–Trinajstić information content (AvgIpc) is 3.21. The highest BCUT2D eigenvalue weighted by atomic mass is 15.3. The van der Waals surface area contributed by atoms with Gasteiger partial charge in [0.15, 0.2) is 0 Å². The molecular formula is C17H20N6. The number of nitrogens with zero attached hydrogens (tertiary/aromatic N) is 5. The molecule has 118 valence electrons. The Balaban J connectivity index is 1.60. The van der Waals surface area contributed by atoms with Crippen molar-refractivity contribution >= 4 is 0 Å². The summed E-state index contributed by atoms with van der Waals surface area (Å²) in [6.07, 6.45) is 6.68. The van der Waals surface area contributed by atoms with Gasteiger partial charge in [0.05, 0.1) is 36.0 Å². The maximum absolute atomic E-state index is 4.57. The van der Waals surface area contributed by atoms with Crippen LogP contribution in [0.25, 0.3) is 0 Å². The smallest absolute Gasteiger partial charge is 0.0969 e. The molecule has 0 aromatic carbocycles. The van der Waals surface area contributed by atoms with Gasteiger partial charge in [-0.05, 0) is 25.1 Å². The number of aryl methyl sites for hydroxylation is 1. The standard InChI is InChI=1S/C17H20N6/c1-13-5-9-23(21-13)11-10-22-8-6-14-16(20-12-19-14)17(22)15-4-2-3-7-18-15/h2-5,7,9,12,17H,6,8,10-11H2,1H3,(H,19,20)/t17-/m1/s1. The molecule has 6 nitrogen and oxygen atoms in total. The molecule has 4 heterocycles. The van der Waals surface area contributed by atoms with Gasteiger partial charge in [0, 0.05) is 37.6 Å². The number of hydrogen-bond donors (Lipinski definition) is 1. The quantitative estimate of drug-likeness (QED) is 0.800. The molecule has 23 heavy (non-hydrogen) atoms. The lowest BCUT2D eigenvalue weighted by Gasteiger charge is -2.34. The first-order valence-corrected chi connectivity index (χ1v) is 7.98. The van der Waals surface area contributed by atoms with Crippen LogP contribution in [-0.2, 0) is 13.0 Å². The number of rotatable bonds is 4. The lowest BCUT2D eigenvalue weighted by Crippen LogP contribution is -2.38. The Morgan fingerprint density at radius 1 is 1.22 bits per heavy atom. The highest BCUT2D eigenvalue weighted by Gasteiger charge is 2.31. The Hall–Kier alpha value is -2.47. The van der Waals surface area contributed by atoms with Gasteiger partial charge in [-0.2, -0.15) is 5.10 Å². The molecular weight excluding hydrogens is 288 g/mol. The van der Waals surface area contributed by atoms with E-state index in [4.69, 9.17) is 0 Å². The number of nitrogens with one attached hydrogen (secondary N) is 1. The van der Waals surface area contributed by atoms with Crippen LogP contribution in [0.2, 0.25) is 0 Å². The molecule has 1 aliphatic heterocycles. The van der Waals surface area contributed by atoms with E-state index in [1.54, 1.807) is 6.33 Å². The molecule has 1 atom stereocenters. The highest BCUT2D eigenvalue weighted by molar-refractivity contribution is 5.28. The SMILES string of the molecule is Cc1ccn(CCN2CCc3[nH]cnc3[C@H]2c2ccccn2)n1. The molecule has 0 saturated carbocycles. The summed E-state index contributed by atoms with van der Waals surface area (Å²) in [4.78, 5) is 14.9. The van der Waals surface area contributed by atoms with Gasteiger partial charge < -0.3 is 4.98 Å². The largest absolute Gasteiger partial charge is 0.348 e. The Bertz CT molecular complexity index is 775. The summed E-state index contributed by atoms with van der Waals surface area (Å²) >= 11 is 0. The summed E-state index contributed by atoms with van der Waals surface area (Å²) in [6, 6.07) is 8.23. The van der Waals surface area contributed by atoms with Crippen molar-refractivity contribution in [2.24, 2.45) is 0 Å². The zero-order valence-electron chi connectivity index (χ0n) is 13.2. The normalized spacial score (nSPS) is 18.0. The van der Waals surface area contributed by atoms with Crippen LogP contribution in [-0.4, -0.2) is 42.7 Å². The molecule has 0 spiro atoms. The minimum Gasteiger partial charge on any atom is -0.348 e. The van der Waals surface area contributed by atoms with Crippen LogP contribution in [0.1, 0.15) is 28.8 Å². The molecule has 4 rings (SSSR count). The monoisotopic (exact) mass is 308 g/mol. The van der Waals surface area contributed by atoms with Gasteiger partial charge in [-0.25, -0.2) is 4.98 Å². The maximum atomic E-state index is 4.57. The van der Waals surface area contributed by atoms with Crippen molar-refractivity contribution in [3.63, 3.8) is 0 Å². The molecule has 0 radical (unpaired) electrons. The molecule has 0 fully saturated rings. The van der Waals surface area contributed by atoms with Crippen LogP contribution in [0.4, 0.5) is 0 Å². The summed E-state index contributed by atoms with van der Waals surface area (Å²) < 4.78 is 2.00. The Morgan fingerprint density at radius 3 is 2.96 bits per heavy atom. The van der Waals surface area contributed by atoms with E-state index in [1.807, 2.05) is 42.2 Å². The van der Waals surface area contributed by atoms with Gasteiger partial charge in [0.2, 0.25) is 0 Å². The third-order valence-corrected chi connectivity index (χ3v) is 4.38. The fourth-order valence-electron chi connectivity index (χ4n) is 3.25. The van der Waals surface area contributed by atoms with Gasteiger partial charge in [-0.3, -0.25) is 14.6 Å². The third kappa shape index (κ3) is 2.77. The van der Waals surface area contributed by atoms with Crippen LogP contribution in [0.3, 0.4) is 0 Å². The van der Waals surface area contributed by atoms with Crippen molar-refractivity contribution < 1.29 is 0 Å². The Kier molecular flexibility index (Phi) is 3.67.